The van der Waals surface area contributed by atoms with Gasteiger partial charge in [0.15, 0.2) is 0 Å². The summed E-state index contributed by atoms with van der Waals surface area (Å²) in [6, 6.07) is 11.2. The number of amides is 1. The Hall–Kier alpha value is -2.09. The van der Waals surface area contributed by atoms with Gasteiger partial charge in [-0.3, -0.25) is 4.79 Å². The summed E-state index contributed by atoms with van der Waals surface area (Å²) in [5.74, 6) is 5.61. The van der Waals surface area contributed by atoms with Crippen molar-refractivity contribution in [2.45, 2.75) is 13.0 Å². The fourth-order valence-electron chi connectivity index (χ4n) is 1.78. The zero-order valence-electron chi connectivity index (χ0n) is 11.2. The maximum absolute atomic E-state index is 12.2. The number of thiophene rings is 1. The van der Waals surface area contributed by atoms with Gasteiger partial charge in [0.25, 0.3) is 5.91 Å². The Morgan fingerprint density at radius 3 is 2.95 bits per heavy atom. The van der Waals surface area contributed by atoms with Crippen LogP contribution in [0.1, 0.15) is 33.8 Å². The minimum Gasteiger partial charge on any atom is -0.345 e. The van der Waals surface area contributed by atoms with Gasteiger partial charge in [0.1, 0.15) is 0 Å². The Morgan fingerprint density at radius 1 is 1.40 bits per heavy atom. The Labute approximate surface area is 122 Å². The van der Waals surface area contributed by atoms with Gasteiger partial charge < -0.3 is 11.1 Å². The zero-order chi connectivity index (χ0) is 14.4. The van der Waals surface area contributed by atoms with Crippen molar-refractivity contribution in [3.05, 3.63) is 57.8 Å². The predicted molar refractivity (Wildman–Crippen MR) is 82.6 cm³/mol. The van der Waals surface area contributed by atoms with Gasteiger partial charge in [-0.05, 0) is 36.6 Å². The van der Waals surface area contributed by atoms with Crippen molar-refractivity contribution in [2.75, 3.05) is 6.54 Å². The second-order valence-corrected chi connectivity index (χ2v) is 5.28. The van der Waals surface area contributed by atoms with E-state index in [0.717, 1.165) is 10.4 Å². The van der Waals surface area contributed by atoms with Crippen LogP contribution in [0.15, 0.2) is 41.8 Å². The smallest absolute Gasteiger partial charge is 0.251 e. The number of rotatable bonds is 3. The second-order valence-electron chi connectivity index (χ2n) is 4.30. The van der Waals surface area contributed by atoms with Crippen LogP contribution in [0.25, 0.3) is 0 Å². The first-order valence-corrected chi connectivity index (χ1v) is 7.22. The van der Waals surface area contributed by atoms with Crippen LogP contribution < -0.4 is 11.1 Å². The molecule has 0 aliphatic carbocycles. The second kappa shape index (κ2) is 6.90. The van der Waals surface area contributed by atoms with E-state index in [1.165, 1.54) is 0 Å². The molecule has 0 aliphatic rings. The standard InChI is InChI=1S/C16H16N2OS/c1-12(15-8-4-10-20-15)18-16(19)14-7-2-5-13(11-14)6-3-9-17/h2,4-5,7-8,10-12H,9,17H2,1H3,(H,18,19). The van der Waals surface area contributed by atoms with E-state index in [-0.39, 0.29) is 11.9 Å². The molecule has 3 N–H and O–H groups in total. The van der Waals surface area contributed by atoms with Crippen molar-refractivity contribution in [2.24, 2.45) is 5.73 Å². The molecular weight excluding hydrogens is 268 g/mol. The highest BCUT2D eigenvalue weighted by Crippen LogP contribution is 2.18. The molecule has 0 bridgehead atoms. The summed E-state index contributed by atoms with van der Waals surface area (Å²) in [7, 11) is 0. The topological polar surface area (TPSA) is 55.1 Å². The SMILES string of the molecule is CC(NC(=O)c1cccc(C#CCN)c1)c1cccs1. The summed E-state index contributed by atoms with van der Waals surface area (Å²) in [5, 5.41) is 4.98. The van der Waals surface area contributed by atoms with Gasteiger partial charge in [-0.2, -0.15) is 0 Å². The lowest BCUT2D eigenvalue weighted by molar-refractivity contribution is 0.0940. The summed E-state index contributed by atoms with van der Waals surface area (Å²) in [4.78, 5) is 13.3. The normalized spacial score (nSPS) is 11.3. The summed E-state index contributed by atoms with van der Waals surface area (Å²) in [5.41, 5.74) is 6.75. The minimum atomic E-state index is -0.0951. The van der Waals surface area contributed by atoms with Gasteiger partial charge in [0.2, 0.25) is 0 Å². The molecule has 102 valence electrons. The van der Waals surface area contributed by atoms with Crippen LogP contribution in [0.2, 0.25) is 0 Å². The monoisotopic (exact) mass is 284 g/mol. The number of carbonyl (C=O) groups excluding carboxylic acids is 1. The first-order valence-electron chi connectivity index (χ1n) is 6.34. The highest BCUT2D eigenvalue weighted by atomic mass is 32.1. The average Bonchev–Trinajstić information content (AvgIpc) is 2.99. The van der Waals surface area contributed by atoms with Gasteiger partial charge in [0.05, 0.1) is 12.6 Å². The van der Waals surface area contributed by atoms with Gasteiger partial charge >= 0.3 is 0 Å². The third-order valence-corrected chi connectivity index (χ3v) is 3.83. The predicted octanol–water partition coefficient (Wildman–Crippen LogP) is 2.55. The third kappa shape index (κ3) is 3.70. The number of nitrogens with one attached hydrogen (secondary N) is 1. The maximum atomic E-state index is 12.2. The molecule has 0 saturated carbocycles. The minimum absolute atomic E-state index is 0.00119. The summed E-state index contributed by atoms with van der Waals surface area (Å²) in [6.07, 6.45) is 0. The third-order valence-electron chi connectivity index (χ3n) is 2.78. The van der Waals surface area contributed by atoms with Crippen molar-refractivity contribution in [3.63, 3.8) is 0 Å². The zero-order valence-corrected chi connectivity index (χ0v) is 12.0. The van der Waals surface area contributed by atoms with Crippen LogP contribution in [0.5, 0.6) is 0 Å². The van der Waals surface area contributed by atoms with Crippen LogP contribution in [0, 0.1) is 11.8 Å². The van der Waals surface area contributed by atoms with Crippen molar-refractivity contribution in [3.8, 4) is 11.8 Å². The molecular formula is C16H16N2OS. The van der Waals surface area contributed by atoms with Crippen LogP contribution in [-0.4, -0.2) is 12.5 Å². The lowest BCUT2D eigenvalue weighted by Crippen LogP contribution is -2.26. The summed E-state index contributed by atoms with van der Waals surface area (Å²) >= 11 is 1.63. The van der Waals surface area contributed by atoms with E-state index in [2.05, 4.69) is 17.2 Å². The van der Waals surface area contributed by atoms with Crippen molar-refractivity contribution < 1.29 is 4.79 Å². The van der Waals surface area contributed by atoms with Gasteiger partial charge in [-0.25, -0.2) is 0 Å². The molecule has 1 atom stereocenters. The van der Waals surface area contributed by atoms with Gasteiger partial charge in [-0.1, -0.05) is 24.0 Å². The number of carbonyl (C=O) groups is 1. The lowest BCUT2D eigenvalue weighted by atomic mass is 10.1. The van der Waals surface area contributed by atoms with Crippen LogP contribution >= 0.6 is 11.3 Å². The summed E-state index contributed by atoms with van der Waals surface area (Å²) in [6.45, 7) is 2.29. The fraction of sp³-hybridized carbons (Fsp3) is 0.188. The van der Waals surface area contributed by atoms with Crippen LogP contribution in [-0.2, 0) is 0 Å². The maximum Gasteiger partial charge on any atom is 0.251 e. The Balaban J connectivity index is 2.09. The fourth-order valence-corrected chi connectivity index (χ4v) is 2.51. The van der Waals surface area contributed by atoms with Crippen molar-refractivity contribution in [1.29, 1.82) is 0 Å². The van der Waals surface area contributed by atoms with E-state index >= 15 is 0 Å². The Kier molecular flexibility index (Phi) is 4.94. The van der Waals surface area contributed by atoms with Crippen molar-refractivity contribution >= 4 is 17.2 Å². The molecule has 2 aromatic rings. The van der Waals surface area contributed by atoms with Gasteiger partial charge in [-0.15, -0.1) is 11.3 Å². The molecule has 0 saturated heterocycles. The van der Waals surface area contributed by atoms with E-state index in [0.29, 0.717) is 12.1 Å². The quantitative estimate of drug-likeness (QED) is 0.851. The molecule has 1 amide bonds. The number of hydrogen-bond donors (Lipinski definition) is 2. The molecule has 0 fully saturated rings. The first kappa shape index (κ1) is 14.3. The molecule has 4 heteroatoms. The number of nitrogens with two attached hydrogens (primary N) is 1. The largest absolute Gasteiger partial charge is 0.345 e. The van der Waals surface area contributed by atoms with E-state index in [9.17, 15) is 4.79 Å². The Bertz CT molecular complexity index is 638. The number of benzene rings is 1. The van der Waals surface area contributed by atoms with E-state index in [4.69, 9.17) is 5.73 Å². The van der Waals surface area contributed by atoms with E-state index in [1.807, 2.05) is 36.6 Å². The molecule has 3 nitrogen and oxygen atoms in total. The Morgan fingerprint density at radius 2 is 2.25 bits per heavy atom. The molecule has 20 heavy (non-hydrogen) atoms. The first-order chi connectivity index (χ1) is 9.70. The molecule has 1 unspecified atom stereocenters. The summed E-state index contributed by atoms with van der Waals surface area (Å²) < 4.78 is 0. The average molecular weight is 284 g/mol. The molecule has 1 aromatic heterocycles. The molecule has 2 rings (SSSR count). The molecule has 1 heterocycles. The highest BCUT2D eigenvalue weighted by molar-refractivity contribution is 7.10. The molecule has 0 aliphatic heterocycles. The van der Waals surface area contributed by atoms with Crippen LogP contribution in [0.4, 0.5) is 0 Å². The van der Waals surface area contributed by atoms with E-state index < -0.39 is 0 Å². The molecule has 0 radical (unpaired) electrons. The van der Waals surface area contributed by atoms with Crippen molar-refractivity contribution in [1.82, 2.24) is 5.32 Å². The number of hydrogen-bond acceptors (Lipinski definition) is 3. The van der Waals surface area contributed by atoms with Crippen LogP contribution in [0.3, 0.4) is 0 Å². The van der Waals surface area contributed by atoms with Gasteiger partial charge in [0, 0.05) is 16.0 Å². The highest BCUT2D eigenvalue weighted by Gasteiger charge is 2.12. The lowest BCUT2D eigenvalue weighted by Gasteiger charge is -2.12. The molecule has 1 aromatic carbocycles. The molecule has 0 spiro atoms. The van der Waals surface area contributed by atoms with E-state index in [1.54, 1.807) is 23.5 Å².